The fourth-order valence-electron chi connectivity index (χ4n) is 3.48. The first kappa shape index (κ1) is 25.9. The number of hydrogen-bond acceptors (Lipinski definition) is 8. The lowest BCUT2D eigenvalue weighted by molar-refractivity contribution is -0.383. The Bertz CT molecular complexity index is 1050. The number of nitriles is 1. The SMILES string of the molecule is CCCCN(CC)c1cc(C)nc(N(CC(=O)OCC)c2ccc(Cl)cc2C#N)c1[N+](=O)[O-]. The average molecular weight is 474 g/mol. The minimum absolute atomic E-state index is 0.0307. The van der Waals surface area contributed by atoms with Gasteiger partial charge in [-0.3, -0.25) is 14.9 Å². The van der Waals surface area contributed by atoms with Crippen molar-refractivity contribution >= 4 is 40.5 Å². The molecule has 0 aliphatic carbocycles. The van der Waals surface area contributed by atoms with Crippen LogP contribution in [0.5, 0.6) is 0 Å². The standard InChI is InChI=1S/C23H28ClN5O4/c1-5-8-11-27(6-2)20-12-16(4)26-23(22(20)29(31)32)28(15-21(30)33-7-3)19-10-9-18(24)13-17(19)14-25/h9-10,12-13H,5-8,11,15H2,1-4H3. The third-order valence-corrected chi connectivity index (χ3v) is 5.22. The van der Waals surface area contributed by atoms with Crippen LogP contribution < -0.4 is 9.80 Å². The third kappa shape index (κ3) is 6.33. The fraction of sp³-hybridized carbons (Fsp3) is 0.435. The Hall–Kier alpha value is -3.38. The summed E-state index contributed by atoms with van der Waals surface area (Å²) in [6.45, 7) is 8.37. The highest BCUT2D eigenvalue weighted by atomic mass is 35.5. The van der Waals surface area contributed by atoms with Crippen LogP contribution in [0.15, 0.2) is 24.3 Å². The van der Waals surface area contributed by atoms with Crippen molar-refractivity contribution in [1.82, 2.24) is 4.98 Å². The van der Waals surface area contributed by atoms with Crippen LogP contribution in [0.2, 0.25) is 5.02 Å². The summed E-state index contributed by atoms with van der Waals surface area (Å²) in [4.78, 5) is 32.0. The highest BCUT2D eigenvalue weighted by Gasteiger charge is 2.32. The molecule has 1 aromatic carbocycles. The molecule has 1 aromatic heterocycles. The van der Waals surface area contributed by atoms with Crippen molar-refractivity contribution in [2.45, 2.75) is 40.5 Å². The number of ether oxygens (including phenoxy) is 1. The number of nitro groups is 1. The Kier molecular flexibility index (Phi) is 9.43. The van der Waals surface area contributed by atoms with Crippen molar-refractivity contribution in [3.63, 3.8) is 0 Å². The van der Waals surface area contributed by atoms with E-state index >= 15 is 0 Å². The molecule has 0 atom stereocenters. The van der Waals surface area contributed by atoms with Crippen molar-refractivity contribution in [2.24, 2.45) is 0 Å². The van der Waals surface area contributed by atoms with E-state index in [-0.39, 0.29) is 35.9 Å². The van der Waals surface area contributed by atoms with Crippen LogP contribution in [0.1, 0.15) is 44.9 Å². The summed E-state index contributed by atoms with van der Waals surface area (Å²) in [7, 11) is 0. The molecular formula is C23H28ClN5O4. The van der Waals surface area contributed by atoms with Gasteiger partial charge in [-0.1, -0.05) is 24.9 Å². The first-order chi connectivity index (χ1) is 15.8. The van der Waals surface area contributed by atoms with Crippen LogP contribution in [-0.2, 0) is 9.53 Å². The number of aryl methyl sites for hydroxylation is 1. The lowest BCUT2D eigenvalue weighted by Crippen LogP contribution is -2.30. The number of benzene rings is 1. The molecule has 176 valence electrons. The zero-order valence-corrected chi connectivity index (χ0v) is 20.1. The molecule has 33 heavy (non-hydrogen) atoms. The molecule has 0 saturated heterocycles. The van der Waals surface area contributed by atoms with Gasteiger partial charge in [0.1, 0.15) is 18.3 Å². The molecule has 0 bridgehead atoms. The quantitative estimate of drug-likeness (QED) is 0.250. The van der Waals surface area contributed by atoms with E-state index in [1.165, 1.54) is 11.0 Å². The molecule has 0 unspecified atom stereocenters. The number of nitrogens with zero attached hydrogens (tertiary/aromatic N) is 5. The van der Waals surface area contributed by atoms with Crippen LogP contribution in [0, 0.1) is 28.4 Å². The first-order valence-corrected chi connectivity index (χ1v) is 11.2. The van der Waals surface area contributed by atoms with Gasteiger partial charge in [0.2, 0.25) is 5.82 Å². The zero-order chi connectivity index (χ0) is 24.5. The summed E-state index contributed by atoms with van der Waals surface area (Å²) in [5.74, 6) is -0.634. The predicted octanol–water partition coefficient (Wildman–Crippen LogP) is 5.15. The second kappa shape index (κ2) is 12.0. The number of hydrogen-bond donors (Lipinski definition) is 0. The van der Waals surface area contributed by atoms with Crippen LogP contribution in [0.25, 0.3) is 0 Å². The molecule has 0 aliphatic heterocycles. The lowest BCUT2D eigenvalue weighted by Gasteiger charge is -2.28. The van der Waals surface area contributed by atoms with Gasteiger partial charge in [-0.2, -0.15) is 5.26 Å². The number of carbonyl (C=O) groups excluding carboxylic acids is 1. The molecule has 1 heterocycles. The largest absolute Gasteiger partial charge is 0.465 e. The van der Waals surface area contributed by atoms with Crippen molar-refractivity contribution < 1.29 is 14.5 Å². The van der Waals surface area contributed by atoms with Crippen molar-refractivity contribution in [3.8, 4) is 6.07 Å². The second-order valence-electron chi connectivity index (χ2n) is 7.31. The highest BCUT2D eigenvalue weighted by Crippen LogP contribution is 2.41. The van der Waals surface area contributed by atoms with Gasteiger partial charge in [-0.15, -0.1) is 0 Å². The maximum Gasteiger partial charge on any atom is 0.335 e. The lowest BCUT2D eigenvalue weighted by atomic mass is 10.1. The van der Waals surface area contributed by atoms with E-state index in [1.54, 1.807) is 32.0 Å². The molecular weight excluding hydrogens is 446 g/mol. The molecule has 0 N–H and O–H groups in total. The summed E-state index contributed by atoms with van der Waals surface area (Å²) in [5, 5.41) is 22.3. The van der Waals surface area contributed by atoms with Crippen molar-refractivity contribution in [3.05, 3.63) is 50.7 Å². The van der Waals surface area contributed by atoms with E-state index in [2.05, 4.69) is 11.9 Å². The van der Waals surface area contributed by atoms with Gasteiger partial charge < -0.3 is 14.5 Å². The number of pyridine rings is 1. The van der Waals surface area contributed by atoms with Crippen LogP contribution in [-0.4, -0.2) is 42.1 Å². The van der Waals surface area contributed by atoms with Crippen LogP contribution >= 0.6 is 11.6 Å². The Labute approximate surface area is 198 Å². The molecule has 2 aromatic rings. The molecule has 0 saturated carbocycles. The topological polar surface area (TPSA) is 113 Å². The molecule has 0 amide bonds. The fourth-order valence-corrected chi connectivity index (χ4v) is 3.65. The van der Waals surface area contributed by atoms with Gasteiger partial charge in [-0.05, 0) is 51.5 Å². The first-order valence-electron chi connectivity index (χ1n) is 10.8. The number of unbranched alkanes of at least 4 members (excludes halogenated alkanes) is 1. The summed E-state index contributed by atoms with van der Waals surface area (Å²) >= 11 is 6.05. The van der Waals surface area contributed by atoms with E-state index in [0.29, 0.717) is 29.5 Å². The van der Waals surface area contributed by atoms with E-state index in [0.717, 1.165) is 12.8 Å². The zero-order valence-electron chi connectivity index (χ0n) is 19.3. The number of anilines is 3. The van der Waals surface area contributed by atoms with Gasteiger partial charge in [0.15, 0.2) is 0 Å². The molecule has 0 radical (unpaired) electrons. The Balaban J connectivity index is 2.81. The van der Waals surface area contributed by atoms with Crippen molar-refractivity contribution in [2.75, 3.05) is 36.0 Å². The monoisotopic (exact) mass is 473 g/mol. The Morgan fingerprint density at radius 2 is 2.00 bits per heavy atom. The molecule has 0 fully saturated rings. The minimum Gasteiger partial charge on any atom is -0.465 e. The number of esters is 1. The van der Waals surface area contributed by atoms with E-state index < -0.39 is 10.9 Å². The van der Waals surface area contributed by atoms with Gasteiger partial charge in [0.25, 0.3) is 0 Å². The predicted molar refractivity (Wildman–Crippen MR) is 128 cm³/mol. The smallest absolute Gasteiger partial charge is 0.335 e. The highest BCUT2D eigenvalue weighted by molar-refractivity contribution is 6.30. The van der Waals surface area contributed by atoms with Gasteiger partial charge in [-0.25, -0.2) is 4.98 Å². The molecule has 9 nitrogen and oxygen atoms in total. The van der Waals surface area contributed by atoms with Gasteiger partial charge in [0, 0.05) is 23.8 Å². The number of halogens is 1. The summed E-state index contributed by atoms with van der Waals surface area (Å²) < 4.78 is 5.10. The molecule has 10 heteroatoms. The summed E-state index contributed by atoms with van der Waals surface area (Å²) in [6.07, 6.45) is 1.80. The van der Waals surface area contributed by atoms with Gasteiger partial charge in [0.05, 0.1) is 22.8 Å². The maximum absolute atomic E-state index is 12.5. The number of carbonyl (C=O) groups is 1. The minimum atomic E-state index is -0.603. The molecule has 0 aliphatic rings. The van der Waals surface area contributed by atoms with E-state index in [4.69, 9.17) is 16.3 Å². The average Bonchev–Trinajstić information content (AvgIpc) is 2.77. The van der Waals surface area contributed by atoms with Crippen molar-refractivity contribution in [1.29, 1.82) is 5.26 Å². The normalized spacial score (nSPS) is 10.4. The second-order valence-corrected chi connectivity index (χ2v) is 7.75. The Morgan fingerprint density at radius 3 is 2.58 bits per heavy atom. The molecule has 2 rings (SSSR count). The van der Waals surface area contributed by atoms with Gasteiger partial charge >= 0.3 is 11.7 Å². The maximum atomic E-state index is 12.5. The van der Waals surface area contributed by atoms with E-state index in [1.807, 2.05) is 17.9 Å². The number of rotatable bonds is 11. The summed E-state index contributed by atoms with van der Waals surface area (Å²) in [6, 6.07) is 8.26. The van der Waals surface area contributed by atoms with E-state index in [9.17, 15) is 20.2 Å². The van der Waals surface area contributed by atoms with Crippen LogP contribution in [0.4, 0.5) is 22.9 Å². The summed E-state index contributed by atoms with van der Waals surface area (Å²) in [5.41, 5.74) is 1.16. The Morgan fingerprint density at radius 1 is 1.27 bits per heavy atom. The molecule has 0 spiro atoms. The van der Waals surface area contributed by atoms with Crippen LogP contribution in [0.3, 0.4) is 0 Å². The third-order valence-electron chi connectivity index (χ3n) is 4.99. The number of aromatic nitrogens is 1.